The van der Waals surface area contributed by atoms with E-state index in [0.717, 1.165) is 16.7 Å². The zero-order valence-electron chi connectivity index (χ0n) is 11.3. The Balaban J connectivity index is 1.69. The molecule has 0 bridgehead atoms. The van der Waals surface area contributed by atoms with E-state index in [1.807, 2.05) is 18.2 Å². The van der Waals surface area contributed by atoms with Crippen molar-refractivity contribution in [3.05, 3.63) is 53.1 Å². The molecular formula is C15H13BN2O3. The summed E-state index contributed by atoms with van der Waals surface area (Å²) in [5, 5.41) is 9.01. The average molecular weight is 280 g/mol. The summed E-state index contributed by atoms with van der Waals surface area (Å²) in [6, 6.07) is 11.1. The molecule has 3 rings (SSSR count). The summed E-state index contributed by atoms with van der Waals surface area (Å²) in [6.07, 6.45) is -0.895. The molecule has 0 spiro atoms. The molecule has 0 aliphatic carbocycles. The lowest BCUT2D eigenvalue weighted by molar-refractivity contribution is 0.145. The third kappa shape index (κ3) is 2.99. The summed E-state index contributed by atoms with van der Waals surface area (Å²) in [5.74, 6) is 0.475. The molecule has 1 amide bonds. The molecule has 5 nitrogen and oxygen atoms in total. The molecule has 1 N–H and O–H groups in total. The van der Waals surface area contributed by atoms with Crippen molar-refractivity contribution in [2.45, 2.75) is 19.7 Å². The van der Waals surface area contributed by atoms with Gasteiger partial charge in [0, 0.05) is 19.2 Å². The first-order valence-electron chi connectivity index (χ1n) is 6.56. The lowest BCUT2D eigenvalue weighted by Crippen LogP contribution is -2.22. The minimum absolute atomic E-state index is 0.372. The van der Waals surface area contributed by atoms with Crippen LogP contribution in [0.1, 0.15) is 16.7 Å². The zero-order chi connectivity index (χ0) is 14.8. The number of rotatable bonds is 3. The van der Waals surface area contributed by atoms with Gasteiger partial charge in [0.1, 0.15) is 14.5 Å². The number of hydrogen-bond donors (Lipinski definition) is 1. The van der Waals surface area contributed by atoms with Crippen LogP contribution in [0.15, 0.2) is 36.4 Å². The number of pyridine rings is 1. The molecule has 1 aromatic heterocycles. The highest BCUT2D eigenvalue weighted by Crippen LogP contribution is 2.24. The standard InChI is InChI=1S/C15H13BN2O3/c16-13-2-1-3-14(17-13)21-9-10-4-5-11-7-18(15(19)20)8-12(11)6-10/h1-6H,7-9H2,(H,19,20). The van der Waals surface area contributed by atoms with Crippen LogP contribution in [0.4, 0.5) is 4.79 Å². The number of fused-ring (bicyclic) bond motifs is 1. The van der Waals surface area contributed by atoms with Gasteiger partial charge in [-0.3, -0.25) is 4.90 Å². The predicted octanol–water partition coefficient (Wildman–Crippen LogP) is 1.45. The van der Waals surface area contributed by atoms with E-state index in [-0.39, 0.29) is 0 Å². The van der Waals surface area contributed by atoms with Crippen LogP contribution in [0.5, 0.6) is 5.88 Å². The Morgan fingerprint density at radius 2 is 2.10 bits per heavy atom. The van der Waals surface area contributed by atoms with E-state index < -0.39 is 6.09 Å². The molecule has 6 heteroatoms. The second-order valence-corrected chi connectivity index (χ2v) is 4.93. The van der Waals surface area contributed by atoms with Crippen molar-refractivity contribution in [3.8, 4) is 5.88 Å². The Morgan fingerprint density at radius 1 is 1.29 bits per heavy atom. The van der Waals surface area contributed by atoms with Gasteiger partial charge < -0.3 is 9.84 Å². The Labute approximate surface area is 123 Å². The number of nitrogens with zero attached hydrogens (tertiary/aromatic N) is 2. The van der Waals surface area contributed by atoms with Crippen molar-refractivity contribution in [1.29, 1.82) is 0 Å². The van der Waals surface area contributed by atoms with E-state index in [0.29, 0.717) is 31.2 Å². The minimum Gasteiger partial charge on any atom is -0.473 e. The fourth-order valence-electron chi connectivity index (χ4n) is 2.34. The van der Waals surface area contributed by atoms with Crippen LogP contribution in [-0.4, -0.2) is 28.9 Å². The maximum absolute atomic E-state index is 11.0. The van der Waals surface area contributed by atoms with Gasteiger partial charge in [-0.2, -0.15) is 0 Å². The molecule has 1 aliphatic rings. The Hall–Kier alpha value is -2.50. The number of aromatic nitrogens is 1. The lowest BCUT2D eigenvalue weighted by atomic mass is 10.0. The van der Waals surface area contributed by atoms with Gasteiger partial charge in [0.15, 0.2) is 0 Å². The van der Waals surface area contributed by atoms with Gasteiger partial charge in [-0.25, -0.2) is 9.78 Å². The largest absolute Gasteiger partial charge is 0.473 e. The first-order valence-corrected chi connectivity index (χ1v) is 6.56. The molecule has 0 fully saturated rings. The van der Waals surface area contributed by atoms with E-state index in [2.05, 4.69) is 4.98 Å². The van der Waals surface area contributed by atoms with E-state index in [1.54, 1.807) is 18.2 Å². The zero-order valence-corrected chi connectivity index (χ0v) is 11.3. The molecule has 0 atom stereocenters. The second-order valence-electron chi connectivity index (χ2n) is 4.93. The quantitative estimate of drug-likeness (QED) is 0.864. The molecule has 0 saturated heterocycles. The van der Waals surface area contributed by atoms with Crippen molar-refractivity contribution in [1.82, 2.24) is 9.88 Å². The molecular weight excluding hydrogens is 267 g/mol. The van der Waals surface area contributed by atoms with Gasteiger partial charge in [0.05, 0.1) is 0 Å². The van der Waals surface area contributed by atoms with Gasteiger partial charge in [-0.1, -0.05) is 30.3 Å². The number of amides is 1. The van der Waals surface area contributed by atoms with Crippen molar-refractivity contribution >= 4 is 19.5 Å². The van der Waals surface area contributed by atoms with Gasteiger partial charge >= 0.3 is 6.09 Å². The number of hydrogen-bond acceptors (Lipinski definition) is 3. The number of benzene rings is 1. The number of carbonyl (C=O) groups is 1. The first-order chi connectivity index (χ1) is 10.1. The molecule has 0 saturated carbocycles. The predicted molar refractivity (Wildman–Crippen MR) is 77.7 cm³/mol. The summed E-state index contributed by atoms with van der Waals surface area (Å²) in [7, 11) is 5.59. The highest BCUT2D eigenvalue weighted by molar-refractivity contribution is 6.30. The summed E-state index contributed by atoms with van der Waals surface area (Å²) in [6.45, 7) is 1.24. The summed E-state index contributed by atoms with van der Waals surface area (Å²) in [4.78, 5) is 16.4. The van der Waals surface area contributed by atoms with E-state index in [4.69, 9.17) is 17.7 Å². The Morgan fingerprint density at radius 3 is 2.86 bits per heavy atom. The monoisotopic (exact) mass is 280 g/mol. The average Bonchev–Trinajstić information content (AvgIpc) is 2.88. The van der Waals surface area contributed by atoms with Crippen LogP contribution in [0.25, 0.3) is 0 Å². The van der Waals surface area contributed by atoms with E-state index >= 15 is 0 Å². The van der Waals surface area contributed by atoms with Crippen LogP contribution in [0, 0.1) is 0 Å². The molecule has 2 heterocycles. The fourth-order valence-corrected chi connectivity index (χ4v) is 2.34. The summed E-state index contributed by atoms with van der Waals surface area (Å²) < 4.78 is 5.59. The lowest BCUT2D eigenvalue weighted by Gasteiger charge is -2.08. The van der Waals surface area contributed by atoms with E-state index in [1.165, 1.54) is 4.90 Å². The fraction of sp³-hybridized carbons (Fsp3) is 0.200. The number of carboxylic acid groups (broad SMARTS) is 1. The Bertz CT molecular complexity index is 690. The van der Waals surface area contributed by atoms with Crippen LogP contribution in [-0.2, 0) is 19.7 Å². The smallest absolute Gasteiger partial charge is 0.407 e. The highest BCUT2D eigenvalue weighted by Gasteiger charge is 2.22. The van der Waals surface area contributed by atoms with Gasteiger partial charge in [-0.15, -0.1) is 0 Å². The van der Waals surface area contributed by atoms with Crippen LogP contribution < -0.4 is 10.3 Å². The van der Waals surface area contributed by atoms with Crippen molar-refractivity contribution < 1.29 is 14.6 Å². The normalized spacial score (nSPS) is 13.0. The third-order valence-corrected chi connectivity index (χ3v) is 3.40. The van der Waals surface area contributed by atoms with Crippen LogP contribution in [0.3, 0.4) is 0 Å². The summed E-state index contributed by atoms with van der Waals surface area (Å²) in [5.41, 5.74) is 3.46. The SMILES string of the molecule is [B]c1cccc(OCc2ccc3c(c2)CN(C(=O)O)C3)n1. The molecule has 0 unspecified atom stereocenters. The summed E-state index contributed by atoms with van der Waals surface area (Å²) >= 11 is 0. The van der Waals surface area contributed by atoms with Crippen molar-refractivity contribution in [2.24, 2.45) is 0 Å². The molecule has 104 valence electrons. The topological polar surface area (TPSA) is 62.7 Å². The van der Waals surface area contributed by atoms with Crippen LogP contribution in [0.2, 0.25) is 0 Å². The second kappa shape index (κ2) is 5.48. The maximum Gasteiger partial charge on any atom is 0.407 e. The van der Waals surface area contributed by atoms with Gasteiger partial charge in [0.2, 0.25) is 5.88 Å². The highest BCUT2D eigenvalue weighted by atomic mass is 16.5. The molecule has 2 radical (unpaired) electrons. The minimum atomic E-state index is -0.895. The molecule has 2 aromatic rings. The molecule has 1 aliphatic heterocycles. The van der Waals surface area contributed by atoms with Crippen molar-refractivity contribution in [3.63, 3.8) is 0 Å². The van der Waals surface area contributed by atoms with E-state index in [9.17, 15) is 4.79 Å². The number of ether oxygens (including phenoxy) is 1. The third-order valence-electron chi connectivity index (χ3n) is 3.40. The Kier molecular flexibility index (Phi) is 3.52. The molecule has 21 heavy (non-hydrogen) atoms. The van der Waals surface area contributed by atoms with Gasteiger partial charge in [0.25, 0.3) is 0 Å². The maximum atomic E-state index is 11.0. The first kappa shape index (κ1) is 13.5. The molecule has 1 aromatic carbocycles. The van der Waals surface area contributed by atoms with Crippen molar-refractivity contribution in [2.75, 3.05) is 0 Å². The van der Waals surface area contributed by atoms with Crippen LogP contribution >= 0.6 is 0 Å². The van der Waals surface area contributed by atoms with Gasteiger partial charge in [-0.05, 0) is 22.3 Å².